The van der Waals surface area contributed by atoms with Crippen LogP contribution in [0.5, 0.6) is 0 Å². The van der Waals surface area contributed by atoms with E-state index < -0.39 is 0 Å². The third kappa shape index (κ3) is 2.03. The minimum Gasteiger partial charge on any atom is -0.330 e. The minimum atomic E-state index is 0.110. The number of aromatic nitrogens is 1. The molecule has 0 aromatic carbocycles. The summed E-state index contributed by atoms with van der Waals surface area (Å²) in [4.78, 5) is 18.8. The Morgan fingerprint density at radius 3 is 2.73 bits per heavy atom. The maximum atomic E-state index is 12.2. The Morgan fingerprint density at radius 2 is 2.20 bits per heavy atom. The maximum Gasteiger partial charge on any atom is 0.266 e. The maximum absolute atomic E-state index is 12.2. The second-order valence-electron chi connectivity index (χ2n) is 3.93. The van der Waals surface area contributed by atoms with Crippen LogP contribution >= 0.6 is 11.3 Å². The summed E-state index contributed by atoms with van der Waals surface area (Å²) in [6.45, 7) is 5.88. The van der Waals surface area contributed by atoms with Crippen molar-refractivity contribution in [1.82, 2.24) is 15.2 Å². The van der Waals surface area contributed by atoms with Crippen molar-refractivity contribution in [3.63, 3.8) is 0 Å². The van der Waals surface area contributed by atoms with Gasteiger partial charge in [-0.05, 0) is 13.8 Å². The first-order valence-electron chi connectivity index (χ1n) is 5.12. The molecule has 4 nitrogen and oxygen atoms in total. The Morgan fingerprint density at radius 1 is 1.53 bits per heavy atom. The quantitative estimate of drug-likeness (QED) is 0.774. The zero-order valence-electron chi connectivity index (χ0n) is 8.93. The van der Waals surface area contributed by atoms with Crippen LogP contribution in [0.15, 0.2) is 11.7 Å². The summed E-state index contributed by atoms with van der Waals surface area (Å²) in [5, 5.41) is 3.31. The lowest BCUT2D eigenvalue weighted by molar-refractivity contribution is 0.0549. The van der Waals surface area contributed by atoms with Crippen LogP contribution in [-0.2, 0) is 0 Å². The Bertz CT molecular complexity index is 328. The molecule has 1 fully saturated rings. The predicted molar refractivity (Wildman–Crippen MR) is 60.1 cm³/mol. The van der Waals surface area contributed by atoms with Crippen LogP contribution < -0.4 is 5.32 Å². The number of amides is 1. The normalized spacial score (nSPS) is 26.7. The first kappa shape index (κ1) is 10.6. The summed E-state index contributed by atoms with van der Waals surface area (Å²) in [5.74, 6) is 0.110. The molecule has 0 spiro atoms. The van der Waals surface area contributed by atoms with Crippen LogP contribution in [0.25, 0.3) is 0 Å². The van der Waals surface area contributed by atoms with E-state index >= 15 is 0 Å². The molecular weight excluding hydrogens is 210 g/mol. The van der Waals surface area contributed by atoms with Gasteiger partial charge in [0.2, 0.25) is 0 Å². The van der Waals surface area contributed by atoms with E-state index in [9.17, 15) is 4.79 Å². The van der Waals surface area contributed by atoms with Gasteiger partial charge in [-0.2, -0.15) is 0 Å². The number of nitrogens with zero attached hydrogens (tertiary/aromatic N) is 2. The Kier molecular flexibility index (Phi) is 3.02. The summed E-state index contributed by atoms with van der Waals surface area (Å²) in [5.41, 5.74) is 1.70. The monoisotopic (exact) mass is 225 g/mol. The minimum absolute atomic E-state index is 0.110. The first-order chi connectivity index (χ1) is 7.20. The highest BCUT2D eigenvalue weighted by Gasteiger charge is 2.29. The number of nitrogens with one attached hydrogen (secondary N) is 1. The molecule has 2 unspecified atom stereocenters. The van der Waals surface area contributed by atoms with Crippen molar-refractivity contribution >= 4 is 17.2 Å². The average Bonchev–Trinajstić information content (AvgIpc) is 2.69. The van der Waals surface area contributed by atoms with Gasteiger partial charge in [-0.3, -0.25) is 9.78 Å². The van der Waals surface area contributed by atoms with Crippen molar-refractivity contribution in [2.75, 3.05) is 13.1 Å². The molecular formula is C10H15N3OS. The summed E-state index contributed by atoms with van der Waals surface area (Å²) in [6.07, 6.45) is 1.65. The van der Waals surface area contributed by atoms with Gasteiger partial charge in [0.15, 0.2) is 0 Å². The van der Waals surface area contributed by atoms with Gasteiger partial charge in [0, 0.05) is 25.2 Å². The molecule has 1 saturated heterocycles. The van der Waals surface area contributed by atoms with Crippen LogP contribution in [0.2, 0.25) is 0 Å². The number of hydrogen-bond acceptors (Lipinski definition) is 4. The summed E-state index contributed by atoms with van der Waals surface area (Å²) >= 11 is 1.41. The van der Waals surface area contributed by atoms with E-state index in [4.69, 9.17) is 0 Å². The highest BCUT2D eigenvalue weighted by Crippen LogP contribution is 2.16. The third-order valence-corrected chi connectivity index (χ3v) is 3.47. The molecule has 2 heterocycles. The Hall–Kier alpha value is -0.940. The number of carbonyl (C=O) groups is 1. The standard InChI is InChI=1S/C10H15N3OS/c1-7-3-11-4-8(2)13(7)10(14)9-5-12-6-15-9/h5-8,11H,3-4H2,1-2H3. The Labute approximate surface area is 93.3 Å². The fourth-order valence-electron chi connectivity index (χ4n) is 1.98. The number of carbonyl (C=O) groups excluding carboxylic acids is 1. The molecule has 2 atom stereocenters. The lowest BCUT2D eigenvalue weighted by atomic mass is 10.1. The highest BCUT2D eigenvalue weighted by molar-refractivity contribution is 7.11. The molecule has 82 valence electrons. The third-order valence-electron chi connectivity index (χ3n) is 2.71. The lowest BCUT2D eigenvalue weighted by Crippen LogP contribution is -2.57. The summed E-state index contributed by atoms with van der Waals surface area (Å²) in [6, 6.07) is 0.506. The zero-order valence-corrected chi connectivity index (χ0v) is 9.75. The first-order valence-corrected chi connectivity index (χ1v) is 6.00. The van der Waals surface area contributed by atoms with Gasteiger partial charge in [-0.15, -0.1) is 11.3 Å². The lowest BCUT2D eigenvalue weighted by Gasteiger charge is -2.39. The number of hydrogen-bond donors (Lipinski definition) is 1. The van der Waals surface area contributed by atoms with Crippen LogP contribution in [0, 0.1) is 0 Å². The molecule has 1 aliphatic heterocycles. The SMILES string of the molecule is CC1CNCC(C)N1C(=O)c1cncs1. The topological polar surface area (TPSA) is 45.2 Å². The zero-order chi connectivity index (χ0) is 10.8. The highest BCUT2D eigenvalue weighted by atomic mass is 32.1. The fraction of sp³-hybridized carbons (Fsp3) is 0.600. The van der Waals surface area contributed by atoms with Crippen molar-refractivity contribution in [2.24, 2.45) is 0 Å². The molecule has 1 amide bonds. The van der Waals surface area contributed by atoms with E-state index in [0.29, 0.717) is 0 Å². The number of thiazole rings is 1. The van der Waals surface area contributed by atoms with Gasteiger partial charge >= 0.3 is 0 Å². The molecule has 15 heavy (non-hydrogen) atoms. The van der Waals surface area contributed by atoms with E-state index in [1.54, 1.807) is 11.7 Å². The molecule has 1 N–H and O–H groups in total. The van der Waals surface area contributed by atoms with Crippen LogP contribution in [0.4, 0.5) is 0 Å². The molecule has 5 heteroatoms. The smallest absolute Gasteiger partial charge is 0.266 e. The summed E-state index contributed by atoms with van der Waals surface area (Å²) < 4.78 is 0. The van der Waals surface area contributed by atoms with Crippen molar-refractivity contribution in [1.29, 1.82) is 0 Å². The second-order valence-corrected chi connectivity index (χ2v) is 4.82. The van der Waals surface area contributed by atoms with Crippen molar-refractivity contribution in [3.8, 4) is 0 Å². The molecule has 0 aliphatic carbocycles. The van der Waals surface area contributed by atoms with E-state index in [1.165, 1.54) is 11.3 Å². The van der Waals surface area contributed by atoms with Gasteiger partial charge in [-0.25, -0.2) is 0 Å². The summed E-state index contributed by atoms with van der Waals surface area (Å²) in [7, 11) is 0. The Balaban J connectivity index is 2.17. The molecule has 1 aromatic heterocycles. The van der Waals surface area contributed by atoms with E-state index in [-0.39, 0.29) is 18.0 Å². The van der Waals surface area contributed by atoms with E-state index in [2.05, 4.69) is 24.1 Å². The van der Waals surface area contributed by atoms with Crippen molar-refractivity contribution in [3.05, 3.63) is 16.6 Å². The molecule has 1 aliphatic rings. The average molecular weight is 225 g/mol. The van der Waals surface area contributed by atoms with E-state index in [0.717, 1.165) is 18.0 Å². The van der Waals surface area contributed by atoms with Crippen LogP contribution in [0.1, 0.15) is 23.5 Å². The van der Waals surface area contributed by atoms with Gasteiger partial charge in [0.1, 0.15) is 4.88 Å². The molecule has 0 radical (unpaired) electrons. The largest absolute Gasteiger partial charge is 0.330 e. The van der Waals surface area contributed by atoms with Gasteiger partial charge in [0.25, 0.3) is 5.91 Å². The van der Waals surface area contributed by atoms with Crippen LogP contribution in [0.3, 0.4) is 0 Å². The van der Waals surface area contributed by atoms with Crippen molar-refractivity contribution in [2.45, 2.75) is 25.9 Å². The number of rotatable bonds is 1. The second kappa shape index (κ2) is 4.28. The molecule has 0 saturated carbocycles. The van der Waals surface area contributed by atoms with E-state index in [1.807, 2.05) is 4.90 Å². The molecule has 2 rings (SSSR count). The van der Waals surface area contributed by atoms with Crippen LogP contribution in [-0.4, -0.2) is 41.0 Å². The van der Waals surface area contributed by atoms with Gasteiger partial charge in [-0.1, -0.05) is 0 Å². The van der Waals surface area contributed by atoms with Gasteiger partial charge < -0.3 is 10.2 Å². The fourth-order valence-corrected chi connectivity index (χ4v) is 2.54. The number of piperazine rings is 1. The molecule has 0 bridgehead atoms. The van der Waals surface area contributed by atoms with Gasteiger partial charge in [0.05, 0.1) is 11.7 Å². The predicted octanol–water partition coefficient (Wildman–Crippen LogP) is 0.965. The molecule has 1 aromatic rings. The van der Waals surface area contributed by atoms with Crippen molar-refractivity contribution < 1.29 is 4.79 Å².